The van der Waals surface area contributed by atoms with E-state index in [4.69, 9.17) is 9.47 Å². The second-order valence-electron chi connectivity index (χ2n) is 7.01. The van der Waals surface area contributed by atoms with Gasteiger partial charge in [0.1, 0.15) is 12.2 Å². The zero-order valence-corrected chi connectivity index (χ0v) is 14.3. The highest BCUT2D eigenvalue weighted by Gasteiger charge is 2.53. The zero-order valence-electron chi connectivity index (χ0n) is 14.3. The van der Waals surface area contributed by atoms with E-state index in [1.807, 2.05) is 0 Å². The molecule has 0 radical (unpaired) electrons. The minimum atomic E-state index is -0.424. The molecule has 0 N–H and O–H groups in total. The molecule has 128 valence electrons. The molecule has 24 heavy (non-hydrogen) atoms. The van der Waals surface area contributed by atoms with Gasteiger partial charge in [0.15, 0.2) is 0 Å². The van der Waals surface area contributed by atoms with Crippen LogP contribution in [0.15, 0.2) is 48.1 Å². The van der Waals surface area contributed by atoms with Crippen molar-refractivity contribution < 1.29 is 19.1 Å². The van der Waals surface area contributed by atoms with Crippen molar-refractivity contribution in [2.75, 3.05) is 0 Å². The Morgan fingerprint density at radius 3 is 2.67 bits per heavy atom. The molecule has 5 atom stereocenters. The van der Waals surface area contributed by atoms with Crippen LogP contribution in [0, 0.1) is 17.8 Å². The molecule has 0 amide bonds. The highest BCUT2D eigenvalue weighted by molar-refractivity contribution is 5.91. The molecule has 3 fully saturated rings. The smallest absolute Gasteiger partial charge is 0.334 e. The van der Waals surface area contributed by atoms with E-state index in [9.17, 15) is 9.59 Å². The van der Waals surface area contributed by atoms with Crippen molar-refractivity contribution in [2.24, 2.45) is 17.8 Å². The minimum Gasteiger partial charge on any atom is -0.458 e. The Labute approximate surface area is 142 Å². The average molecular weight is 328 g/mol. The van der Waals surface area contributed by atoms with Crippen LogP contribution in [0.4, 0.5) is 0 Å². The second-order valence-corrected chi connectivity index (χ2v) is 7.01. The molecule has 0 bridgehead atoms. The quantitative estimate of drug-likeness (QED) is 0.442. The van der Waals surface area contributed by atoms with Gasteiger partial charge < -0.3 is 9.47 Å². The second kappa shape index (κ2) is 6.08. The summed E-state index contributed by atoms with van der Waals surface area (Å²) in [5, 5.41) is 0. The summed E-state index contributed by atoms with van der Waals surface area (Å²) in [7, 11) is 0. The van der Waals surface area contributed by atoms with E-state index in [0.717, 1.165) is 24.0 Å². The van der Waals surface area contributed by atoms with Crippen LogP contribution in [0.25, 0.3) is 0 Å². The molecule has 1 heterocycles. The fourth-order valence-electron chi connectivity index (χ4n) is 4.16. The van der Waals surface area contributed by atoms with Crippen LogP contribution in [0.3, 0.4) is 0 Å². The number of allylic oxidation sites excluding steroid dienone is 1. The fourth-order valence-corrected chi connectivity index (χ4v) is 4.16. The van der Waals surface area contributed by atoms with E-state index in [0.29, 0.717) is 17.6 Å². The Morgan fingerprint density at radius 2 is 2.00 bits per heavy atom. The van der Waals surface area contributed by atoms with E-state index in [2.05, 4.69) is 19.7 Å². The van der Waals surface area contributed by atoms with Crippen molar-refractivity contribution in [1.29, 1.82) is 0 Å². The first-order valence-corrected chi connectivity index (χ1v) is 8.45. The molecule has 1 saturated heterocycles. The predicted octanol–water partition coefficient (Wildman–Crippen LogP) is 3.50. The Morgan fingerprint density at radius 1 is 1.29 bits per heavy atom. The normalized spacial score (nSPS) is 36.1. The van der Waals surface area contributed by atoms with Gasteiger partial charge in [0.05, 0.1) is 0 Å². The minimum absolute atomic E-state index is 0.0530. The first-order valence-electron chi connectivity index (χ1n) is 8.45. The fraction of sp³-hybridized carbons (Fsp3) is 0.500. The van der Waals surface area contributed by atoms with Gasteiger partial charge in [-0.05, 0) is 44.6 Å². The van der Waals surface area contributed by atoms with Crippen molar-refractivity contribution in [3.63, 3.8) is 0 Å². The van der Waals surface area contributed by atoms with Gasteiger partial charge in [0, 0.05) is 23.0 Å². The lowest BCUT2D eigenvalue weighted by molar-refractivity contribution is -0.144. The van der Waals surface area contributed by atoms with Gasteiger partial charge >= 0.3 is 11.9 Å². The van der Waals surface area contributed by atoms with E-state index >= 15 is 0 Å². The molecule has 3 rings (SSSR count). The molecule has 4 heteroatoms. The largest absolute Gasteiger partial charge is 0.458 e. The summed E-state index contributed by atoms with van der Waals surface area (Å²) in [6, 6.07) is 0. The van der Waals surface area contributed by atoms with Crippen LogP contribution in [0.5, 0.6) is 0 Å². The maximum atomic E-state index is 12.2. The molecule has 3 aliphatic rings. The number of hydrogen-bond donors (Lipinski definition) is 0. The predicted molar refractivity (Wildman–Crippen MR) is 90.9 cm³/mol. The van der Waals surface area contributed by atoms with Crippen molar-refractivity contribution in [1.82, 2.24) is 0 Å². The van der Waals surface area contributed by atoms with Crippen LogP contribution < -0.4 is 0 Å². The molecule has 2 aliphatic carbocycles. The molecule has 0 aromatic rings. The lowest BCUT2D eigenvalue weighted by Gasteiger charge is -2.26. The van der Waals surface area contributed by atoms with Gasteiger partial charge in [-0.25, -0.2) is 9.59 Å². The Kier molecular flexibility index (Phi) is 4.24. The lowest BCUT2D eigenvalue weighted by atomic mass is 9.82. The highest BCUT2D eigenvalue weighted by atomic mass is 16.6. The van der Waals surface area contributed by atoms with E-state index < -0.39 is 6.10 Å². The number of fused-ring (bicyclic) bond motifs is 3. The van der Waals surface area contributed by atoms with Crippen LogP contribution >= 0.6 is 0 Å². The van der Waals surface area contributed by atoms with Gasteiger partial charge in [0.25, 0.3) is 0 Å². The van der Waals surface area contributed by atoms with Crippen LogP contribution in [0.2, 0.25) is 0 Å². The third-order valence-corrected chi connectivity index (χ3v) is 5.75. The number of carbonyl (C=O) groups excluding carboxylic acids is 2. The molecular weight excluding hydrogens is 304 g/mol. The highest BCUT2D eigenvalue weighted by Crippen LogP contribution is 2.52. The maximum Gasteiger partial charge on any atom is 0.334 e. The molecule has 2 saturated carbocycles. The van der Waals surface area contributed by atoms with Gasteiger partial charge in [-0.1, -0.05) is 31.4 Å². The van der Waals surface area contributed by atoms with Crippen molar-refractivity contribution in [3.05, 3.63) is 48.1 Å². The summed E-state index contributed by atoms with van der Waals surface area (Å²) in [6.07, 6.45) is 3.34. The number of carbonyl (C=O) groups is 2. The SMILES string of the molecule is C=C1C(=O)OC2C1CC(OC(=O)C(C)=CC)C(=C)C1CCC(=C)C12. The third kappa shape index (κ3) is 2.54. The Hall–Kier alpha value is -2.10. The Bertz CT molecular complexity index is 669. The van der Waals surface area contributed by atoms with Gasteiger partial charge in [-0.2, -0.15) is 0 Å². The van der Waals surface area contributed by atoms with Gasteiger partial charge in [-0.15, -0.1) is 0 Å². The van der Waals surface area contributed by atoms with Crippen molar-refractivity contribution in [3.8, 4) is 0 Å². The molecule has 5 unspecified atom stereocenters. The summed E-state index contributed by atoms with van der Waals surface area (Å²) < 4.78 is 11.3. The summed E-state index contributed by atoms with van der Waals surface area (Å²) in [5.74, 6) is -0.646. The number of rotatable bonds is 2. The number of esters is 2. The topological polar surface area (TPSA) is 52.6 Å². The first kappa shape index (κ1) is 16.7. The van der Waals surface area contributed by atoms with Crippen LogP contribution in [-0.2, 0) is 19.1 Å². The third-order valence-electron chi connectivity index (χ3n) is 5.75. The van der Waals surface area contributed by atoms with Gasteiger partial charge in [-0.3, -0.25) is 0 Å². The van der Waals surface area contributed by atoms with E-state index in [1.165, 1.54) is 0 Å². The molecule has 0 aromatic heterocycles. The first-order chi connectivity index (χ1) is 11.3. The summed E-state index contributed by atoms with van der Waals surface area (Å²) >= 11 is 0. The maximum absolute atomic E-state index is 12.2. The lowest BCUT2D eigenvalue weighted by Crippen LogP contribution is -2.28. The van der Waals surface area contributed by atoms with E-state index in [1.54, 1.807) is 19.9 Å². The summed E-state index contributed by atoms with van der Waals surface area (Å²) in [4.78, 5) is 24.2. The number of ether oxygens (including phenoxy) is 2. The standard InChI is InChI=1S/C20H24O4/c1-6-10(2)19(21)23-16-9-15-13(5)20(22)24-18(15)17-11(3)7-8-14(17)12(16)4/h6,14-18H,3-5,7-9H2,1-2H3. The number of hydrogen-bond acceptors (Lipinski definition) is 4. The molecule has 0 aromatic carbocycles. The monoisotopic (exact) mass is 328 g/mol. The van der Waals surface area contributed by atoms with Gasteiger partial charge in [0.2, 0.25) is 0 Å². The zero-order chi connectivity index (χ0) is 17.6. The van der Waals surface area contributed by atoms with Crippen LogP contribution in [0.1, 0.15) is 33.1 Å². The molecule has 0 spiro atoms. The van der Waals surface area contributed by atoms with Crippen LogP contribution in [-0.4, -0.2) is 24.1 Å². The van der Waals surface area contributed by atoms with E-state index in [-0.39, 0.29) is 35.8 Å². The van der Waals surface area contributed by atoms with Crippen molar-refractivity contribution in [2.45, 2.75) is 45.3 Å². The molecule has 4 nitrogen and oxygen atoms in total. The Balaban J connectivity index is 1.93. The summed E-state index contributed by atoms with van der Waals surface area (Å²) in [6.45, 7) is 15.8. The molecular formula is C20H24O4. The average Bonchev–Trinajstić information content (AvgIpc) is 3.03. The molecule has 1 aliphatic heterocycles. The summed E-state index contributed by atoms with van der Waals surface area (Å²) in [5.41, 5.74) is 3.04. The van der Waals surface area contributed by atoms with Crippen molar-refractivity contribution >= 4 is 11.9 Å².